The van der Waals surface area contributed by atoms with Gasteiger partial charge in [0.15, 0.2) is 0 Å². The monoisotopic (exact) mass is 288 g/mol. The van der Waals surface area contributed by atoms with Gasteiger partial charge in [0.05, 0.1) is 17.7 Å². The summed E-state index contributed by atoms with van der Waals surface area (Å²) in [7, 11) is 3.04. The molecule has 0 aliphatic rings. The molecule has 108 valence electrons. The Kier molecular flexibility index (Phi) is 3.75. The largest absolute Gasteiger partial charge is 0.497 e. The third-order valence-electron chi connectivity index (χ3n) is 2.85. The van der Waals surface area contributed by atoms with Crippen molar-refractivity contribution in [2.45, 2.75) is 6.92 Å². The molecule has 0 bridgehead atoms. The molecule has 0 radical (unpaired) electrons. The van der Waals surface area contributed by atoms with Crippen LogP contribution in [0, 0.1) is 28.4 Å². The minimum absolute atomic E-state index is 0.0150. The fourth-order valence-corrected chi connectivity index (χ4v) is 1.84. The maximum atomic E-state index is 11.1. The van der Waals surface area contributed by atoms with E-state index in [4.69, 9.17) is 14.7 Å². The zero-order chi connectivity index (χ0) is 15.6. The highest BCUT2D eigenvalue weighted by molar-refractivity contribution is 5.53. The number of hydrogen-bond donors (Lipinski definition) is 0. The topological polar surface area (TPSA) is 103 Å². The van der Waals surface area contributed by atoms with E-state index in [-0.39, 0.29) is 22.9 Å². The molecule has 0 aliphatic heterocycles. The first-order chi connectivity index (χ1) is 9.97. The Balaban J connectivity index is 2.53. The second kappa shape index (κ2) is 5.50. The molecule has 1 aromatic heterocycles. The summed E-state index contributed by atoms with van der Waals surface area (Å²) in [6.45, 7) is 1.66. The number of aromatic nitrogens is 2. The summed E-state index contributed by atoms with van der Waals surface area (Å²) in [5.41, 5.74) is 0.494. The molecule has 21 heavy (non-hydrogen) atoms. The van der Waals surface area contributed by atoms with Crippen LogP contribution in [0.25, 0.3) is 0 Å². The van der Waals surface area contributed by atoms with Gasteiger partial charge in [0.1, 0.15) is 17.4 Å². The molecule has 0 spiro atoms. The molecule has 8 heteroatoms. The lowest BCUT2D eigenvalue weighted by atomic mass is 10.2. The summed E-state index contributed by atoms with van der Waals surface area (Å²) in [4.78, 5) is 10.5. The van der Waals surface area contributed by atoms with Crippen molar-refractivity contribution in [1.82, 2.24) is 9.78 Å². The van der Waals surface area contributed by atoms with Crippen LogP contribution in [0.1, 0.15) is 11.3 Å². The lowest BCUT2D eigenvalue weighted by Gasteiger charge is -2.08. The van der Waals surface area contributed by atoms with Gasteiger partial charge in [-0.2, -0.15) is 10.4 Å². The van der Waals surface area contributed by atoms with E-state index in [1.54, 1.807) is 14.0 Å². The number of nitro benzene ring substituents is 1. The lowest BCUT2D eigenvalue weighted by molar-refractivity contribution is -0.385. The van der Waals surface area contributed by atoms with E-state index in [1.807, 2.05) is 6.07 Å². The van der Waals surface area contributed by atoms with E-state index < -0.39 is 4.92 Å². The van der Waals surface area contributed by atoms with Crippen molar-refractivity contribution in [3.05, 3.63) is 39.6 Å². The van der Waals surface area contributed by atoms with Crippen LogP contribution in [0.5, 0.6) is 17.4 Å². The normalized spacial score (nSPS) is 10.0. The van der Waals surface area contributed by atoms with Gasteiger partial charge in [-0.3, -0.25) is 10.1 Å². The number of aryl methyl sites for hydroxylation is 2. The summed E-state index contributed by atoms with van der Waals surface area (Å²) in [6.07, 6.45) is 0. The number of benzene rings is 1. The fraction of sp³-hybridized carbons (Fsp3) is 0.231. The molecule has 0 saturated carbocycles. The third kappa shape index (κ3) is 2.62. The zero-order valence-corrected chi connectivity index (χ0v) is 11.7. The van der Waals surface area contributed by atoms with Crippen molar-refractivity contribution in [2.24, 2.45) is 7.05 Å². The third-order valence-corrected chi connectivity index (χ3v) is 2.85. The quantitative estimate of drug-likeness (QED) is 0.631. The fourth-order valence-electron chi connectivity index (χ4n) is 1.84. The molecule has 1 aromatic carbocycles. The molecule has 1 heterocycles. The maximum Gasteiger partial charge on any atom is 0.311 e. The van der Waals surface area contributed by atoms with Gasteiger partial charge in [0, 0.05) is 19.2 Å². The maximum absolute atomic E-state index is 11.1. The second-order valence-electron chi connectivity index (χ2n) is 4.19. The Bertz CT molecular complexity index is 745. The van der Waals surface area contributed by atoms with E-state index in [9.17, 15) is 10.1 Å². The van der Waals surface area contributed by atoms with Crippen LogP contribution in [0.3, 0.4) is 0 Å². The van der Waals surface area contributed by atoms with Crippen molar-refractivity contribution in [1.29, 1.82) is 5.26 Å². The highest BCUT2D eigenvalue weighted by Gasteiger charge is 2.21. The highest BCUT2D eigenvalue weighted by Crippen LogP contribution is 2.36. The zero-order valence-electron chi connectivity index (χ0n) is 11.7. The summed E-state index contributed by atoms with van der Waals surface area (Å²) in [5.74, 6) is 0.540. The van der Waals surface area contributed by atoms with E-state index in [0.717, 1.165) is 0 Å². The minimum Gasteiger partial charge on any atom is -0.497 e. The molecule has 0 atom stereocenters. The van der Waals surface area contributed by atoms with Gasteiger partial charge < -0.3 is 9.47 Å². The van der Waals surface area contributed by atoms with Crippen LogP contribution in [0.2, 0.25) is 0 Å². The highest BCUT2D eigenvalue weighted by atomic mass is 16.6. The number of nitro groups is 1. The Hall–Kier alpha value is -3.08. The molecule has 0 unspecified atom stereocenters. The number of hydrogen-bond acceptors (Lipinski definition) is 6. The van der Waals surface area contributed by atoms with Crippen LogP contribution in [-0.2, 0) is 7.05 Å². The van der Waals surface area contributed by atoms with Crippen LogP contribution in [0.4, 0.5) is 5.69 Å². The summed E-state index contributed by atoms with van der Waals surface area (Å²) < 4.78 is 11.9. The Morgan fingerprint density at radius 3 is 2.76 bits per heavy atom. The van der Waals surface area contributed by atoms with Gasteiger partial charge in [-0.15, -0.1) is 0 Å². The lowest BCUT2D eigenvalue weighted by Crippen LogP contribution is -1.99. The molecular weight excluding hydrogens is 276 g/mol. The van der Waals surface area contributed by atoms with Crippen molar-refractivity contribution in [3.8, 4) is 23.4 Å². The van der Waals surface area contributed by atoms with Crippen LogP contribution in [-0.4, -0.2) is 21.8 Å². The van der Waals surface area contributed by atoms with Gasteiger partial charge in [-0.25, -0.2) is 4.68 Å². The Morgan fingerprint density at radius 2 is 2.19 bits per heavy atom. The van der Waals surface area contributed by atoms with Crippen LogP contribution < -0.4 is 9.47 Å². The van der Waals surface area contributed by atoms with Gasteiger partial charge in [-0.1, -0.05) is 0 Å². The van der Waals surface area contributed by atoms with E-state index >= 15 is 0 Å². The molecule has 0 N–H and O–H groups in total. The Labute approximate surface area is 120 Å². The Morgan fingerprint density at radius 1 is 1.48 bits per heavy atom. The van der Waals surface area contributed by atoms with Crippen molar-refractivity contribution in [2.75, 3.05) is 7.11 Å². The SMILES string of the molecule is COc1ccc([N+](=O)[O-])c(Oc2c(C#N)c(C)nn2C)c1. The second-order valence-corrected chi connectivity index (χ2v) is 4.19. The predicted octanol–water partition coefficient (Wildman–Crippen LogP) is 2.31. The molecule has 0 fully saturated rings. The van der Waals surface area contributed by atoms with Crippen molar-refractivity contribution in [3.63, 3.8) is 0 Å². The van der Waals surface area contributed by atoms with Crippen molar-refractivity contribution >= 4 is 5.69 Å². The number of methoxy groups -OCH3 is 1. The van der Waals surface area contributed by atoms with Crippen LogP contribution >= 0.6 is 0 Å². The first-order valence-corrected chi connectivity index (χ1v) is 5.92. The molecular formula is C13H12N4O4. The minimum atomic E-state index is -0.565. The molecule has 2 aromatic rings. The standard InChI is InChI=1S/C13H12N4O4/c1-8-10(7-14)13(16(2)15-8)21-12-6-9(20-3)4-5-11(12)17(18)19/h4-6H,1-3H3. The van der Waals surface area contributed by atoms with Gasteiger partial charge in [-0.05, 0) is 13.0 Å². The van der Waals surface area contributed by atoms with E-state index in [0.29, 0.717) is 11.4 Å². The van der Waals surface area contributed by atoms with Gasteiger partial charge in [0.25, 0.3) is 0 Å². The number of nitrogens with zero attached hydrogens (tertiary/aromatic N) is 4. The first kappa shape index (κ1) is 14.3. The van der Waals surface area contributed by atoms with E-state index in [1.165, 1.54) is 30.0 Å². The van der Waals surface area contributed by atoms with Gasteiger partial charge >= 0.3 is 5.69 Å². The first-order valence-electron chi connectivity index (χ1n) is 5.92. The molecule has 0 saturated heterocycles. The summed E-state index contributed by atoms with van der Waals surface area (Å²) in [5, 5.41) is 24.2. The average molecular weight is 288 g/mol. The average Bonchev–Trinajstić information content (AvgIpc) is 2.72. The molecule has 8 nitrogen and oxygen atoms in total. The van der Waals surface area contributed by atoms with Crippen LogP contribution in [0.15, 0.2) is 18.2 Å². The number of ether oxygens (including phenoxy) is 2. The summed E-state index contributed by atoms with van der Waals surface area (Å²) >= 11 is 0. The predicted molar refractivity (Wildman–Crippen MR) is 72.4 cm³/mol. The molecule has 2 rings (SSSR count). The van der Waals surface area contributed by atoms with Crippen molar-refractivity contribution < 1.29 is 14.4 Å². The smallest absolute Gasteiger partial charge is 0.311 e. The van der Waals surface area contributed by atoms with Gasteiger partial charge in [0.2, 0.25) is 11.6 Å². The number of rotatable bonds is 4. The molecule has 0 aliphatic carbocycles. The number of nitriles is 1. The summed E-state index contributed by atoms with van der Waals surface area (Å²) in [6, 6.07) is 6.11. The molecule has 0 amide bonds. The van der Waals surface area contributed by atoms with E-state index in [2.05, 4.69) is 5.10 Å².